The molecule has 0 saturated carbocycles. The highest BCUT2D eigenvalue weighted by Gasteiger charge is 2.25. The van der Waals surface area contributed by atoms with E-state index in [0.29, 0.717) is 16.5 Å². The lowest BCUT2D eigenvalue weighted by Gasteiger charge is -2.19. The van der Waals surface area contributed by atoms with Crippen LogP contribution in [0.3, 0.4) is 0 Å². The molecular weight excluding hydrogens is 346 g/mol. The monoisotopic (exact) mass is 371 g/mol. The van der Waals surface area contributed by atoms with Gasteiger partial charge in [0.1, 0.15) is 4.88 Å². The van der Waals surface area contributed by atoms with Gasteiger partial charge >= 0.3 is 5.97 Å². The topological polar surface area (TPSA) is 55.4 Å². The minimum Gasteiger partial charge on any atom is -0.448 e. The van der Waals surface area contributed by atoms with Gasteiger partial charge in [-0.2, -0.15) is 0 Å². The number of carbonyl (C=O) groups is 2. The summed E-state index contributed by atoms with van der Waals surface area (Å²) >= 11 is 1.51. The van der Waals surface area contributed by atoms with Crippen LogP contribution in [0, 0.1) is 12.8 Å². The number of anilines is 1. The molecule has 1 aliphatic rings. The number of thiophene rings is 1. The molecule has 1 amide bonds. The first-order chi connectivity index (χ1) is 12.5. The smallest absolute Gasteiger partial charge is 0.349 e. The highest BCUT2D eigenvalue weighted by atomic mass is 32.1. The third-order valence-corrected chi connectivity index (χ3v) is 6.15. The third kappa shape index (κ3) is 4.33. The Morgan fingerprint density at radius 2 is 2.04 bits per heavy atom. The Kier molecular flexibility index (Phi) is 5.77. The second-order valence-corrected chi connectivity index (χ2v) is 8.12. The number of nitrogens with one attached hydrogen (secondary N) is 1. The van der Waals surface area contributed by atoms with E-state index in [1.807, 2.05) is 37.3 Å². The molecule has 0 unspecified atom stereocenters. The summed E-state index contributed by atoms with van der Waals surface area (Å²) in [6.07, 6.45) is 3.60. The number of ether oxygens (including phenoxy) is 1. The summed E-state index contributed by atoms with van der Waals surface area (Å²) < 4.78 is 5.38. The highest BCUT2D eigenvalue weighted by molar-refractivity contribution is 7.14. The van der Waals surface area contributed by atoms with Crippen LogP contribution in [0.5, 0.6) is 0 Å². The van der Waals surface area contributed by atoms with Gasteiger partial charge in [-0.25, -0.2) is 4.79 Å². The van der Waals surface area contributed by atoms with Crippen LogP contribution in [0.1, 0.15) is 52.4 Å². The summed E-state index contributed by atoms with van der Waals surface area (Å²) in [6.45, 7) is 5.80. The molecular formula is C21H25NO3S. The van der Waals surface area contributed by atoms with Gasteiger partial charge in [-0.1, -0.05) is 31.0 Å². The van der Waals surface area contributed by atoms with Gasteiger partial charge in [-0.3, -0.25) is 4.79 Å². The zero-order chi connectivity index (χ0) is 18.7. The van der Waals surface area contributed by atoms with Crippen molar-refractivity contribution in [2.24, 2.45) is 5.92 Å². The molecule has 138 valence electrons. The molecule has 0 radical (unpaired) electrons. The fraction of sp³-hybridized carbons (Fsp3) is 0.429. The summed E-state index contributed by atoms with van der Waals surface area (Å²) in [5.74, 6) is -0.0289. The second kappa shape index (κ2) is 8.04. The summed E-state index contributed by atoms with van der Waals surface area (Å²) in [7, 11) is 0. The zero-order valence-corrected chi connectivity index (χ0v) is 16.3. The summed E-state index contributed by atoms with van der Waals surface area (Å²) in [6, 6.07) is 9.46. The quantitative estimate of drug-likeness (QED) is 0.771. The fourth-order valence-electron chi connectivity index (χ4n) is 3.20. The van der Waals surface area contributed by atoms with Crippen molar-refractivity contribution in [3.8, 4) is 0 Å². The lowest BCUT2D eigenvalue weighted by molar-refractivity contribution is -0.123. The number of benzene rings is 1. The maximum Gasteiger partial charge on any atom is 0.349 e. The normalized spacial score (nSPS) is 17.3. The minimum absolute atomic E-state index is 0.324. The Hall–Kier alpha value is -2.14. The van der Waals surface area contributed by atoms with Gasteiger partial charge in [0.15, 0.2) is 6.10 Å². The van der Waals surface area contributed by atoms with E-state index in [9.17, 15) is 9.59 Å². The fourth-order valence-corrected chi connectivity index (χ4v) is 4.29. The van der Waals surface area contributed by atoms with E-state index in [2.05, 4.69) is 12.2 Å². The molecule has 5 heteroatoms. The molecule has 0 bridgehead atoms. The van der Waals surface area contributed by atoms with Gasteiger partial charge < -0.3 is 10.1 Å². The van der Waals surface area contributed by atoms with Crippen LogP contribution in [-0.4, -0.2) is 18.0 Å². The van der Waals surface area contributed by atoms with Gasteiger partial charge in [0.2, 0.25) is 0 Å². The van der Waals surface area contributed by atoms with Crippen molar-refractivity contribution in [3.05, 3.63) is 51.2 Å². The molecule has 0 saturated heterocycles. The first-order valence-electron chi connectivity index (χ1n) is 9.16. The second-order valence-electron chi connectivity index (χ2n) is 6.98. The van der Waals surface area contributed by atoms with Crippen LogP contribution in [-0.2, 0) is 22.4 Å². The predicted octanol–water partition coefficient (Wildman–Crippen LogP) is 4.76. The van der Waals surface area contributed by atoms with Gasteiger partial charge in [0.05, 0.1) is 0 Å². The maximum atomic E-state index is 12.4. The molecule has 1 heterocycles. The lowest BCUT2D eigenvalue weighted by atomic mass is 9.87. The molecule has 0 aliphatic heterocycles. The van der Waals surface area contributed by atoms with Crippen LogP contribution < -0.4 is 5.32 Å². The van der Waals surface area contributed by atoms with Gasteiger partial charge in [-0.15, -0.1) is 11.3 Å². The van der Waals surface area contributed by atoms with Crippen LogP contribution in [0.15, 0.2) is 30.3 Å². The van der Waals surface area contributed by atoms with Gasteiger partial charge in [-0.05, 0) is 62.8 Å². The number of esters is 1. The van der Waals surface area contributed by atoms with Crippen molar-refractivity contribution in [2.75, 3.05) is 5.32 Å². The van der Waals surface area contributed by atoms with Crippen molar-refractivity contribution in [2.45, 2.75) is 52.6 Å². The Morgan fingerprint density at radius 1 is 1.31 bits per heavy atom. The average molecular weight is 372 g/mol. The summed E-state index contributed by atoms with van der Waals surface area (Å²) in [4.78, 5) is 26.6. The molecule has 2 aromatic rings. The van der Waals surface area contributed by atoms with E-state index in [4.69, 9.17) is 4.74 Å². The molecule has 3 rings (SSSR count). The molecule has 4 nitrogen and oxygen atoms in total. The zero-order valence-electron chi connectivity index (χ0n) is 15.5. The van der Waals surface area contributed by atoms with Gasteiger partial charge in [0, 0.05) is 10.6 Å². The Balaban J connectivity index is 1.59. The van der Waals surface area contributed by atoms with Crippen LogP contribution in [0.4, 0.5) is 5.69 Å². The third-order valence-electron chi connectivity index (χ3n) is 4.94. The Labute approximate surface area is 158 Å². The van der Waals surface area contributed by atoms with E-state index < -0.39 is 12.1 Å². The average Bonchev–Trinajstić information content (AvgIpc) is 3.06. The van der Waals surface area contributed by atoms with Crippen LogP contribution in [0.2, 0.25) is 0 Å². The van der Waals surface area contributed by atoms with Gasteiger partial charge in [0.25, 0.3) is 5.91 Å². The van der Waals surface area contributed by atoms with E-state index in [1.54, 1.807) is 6.92 Å². The molecule has 0 fully saturated rings. The first kappa shape index (κ1) is 18.6. The van der Waals surface area contributed by atoms with Crippen molar-refractivity contribution in [1.82, 2.24) is 0 Å². The number of rotatable bonds is 5. The van der Waals surface area contributed by atoms with Crippen LogP contribution >= 0.6 is 11.3 Å². The number of aryl methyl sites for hydroxylation is 2. The molecule has 1 aliphatic carbocycles. The number of fused-ring (bicyclic) bond motifs is 1. The molecule has 2 atom stereocenters. The SMILES string of the molecule is CC[C@@H]1CCc2sc(C(=O)O[C@H](C)C(=O)Nc3ccc(C)cc3)cc2C1. The van der Waals surface area contributed by atoms with Crippen molar-refractivity contribution in [1.29, 1.82) is 0 Å². The van der Waals surface area contributed by atoms with E-state index in [0.717, 1.165) is 18.4 Å². The van der Waals surface area contributed by atoms with E-state index >= 15 is 0 Å². The Bertz CT molecular complexity index is 794. The summed E-state index contributed by atoms with van der Waals surface area (Å²) in [5, 5.41) is 2.78. The van der Waals surface area contributed by atoms with Crippen molar-refractivity contribution >= 4 is 28.9 Å². The standard InChI is InChI=1S/C21H25NO3S/c1-4-15-7-10-18-16(11-15)12-19(26-18)21(24)25-14(3)20(23)22-17-8-5-13(2)6-9-17/h5-6,8-9,12,14-15H,4,7,10-11H2,1-3H3,(H,22,23)/t14-,15-/m1/s1. The highest BCUT2D eigenvalue weighted by Crippen LogP contribution is 2.33. The van der Waals surface area contributed by atoms with E-state index in [-0.39, 0.29) is 5.91 Å². The van der Waals surface area contributed by atoms with Crippen molar-refractivity contribution < 1.29 is 14.3 Å². The first-order valence-corrected chi connectivity index (χ1v) is 9.98. The van der Waals surface area contributed by atoms with E-state index in [1.165, 1.54) is 34.6 Å². The largest absolute Gasteiger partial charge is 0.448 e. The molecule has 0 spiro atoms. The Morgan fingerprint density at radius 3 is 2.73 bits per heavy atom. The molecule has 1 N–H and O–H groups in total. The molecule has 26 heavy (non-hydrogen) atoms. The van der Waals surface area contributed by atoms with Crippen LogP contribution in [0.25, 0.3) is 0 Å². The molecule has 1 aromatic carbocycles. The minimum atomic E-state index is -0.841. The number of amides is 1. The summed E-state index contributed by atoms with van der Waals surface area (Å²) in [5.41, 5.74) is 3.09. The van der Waals surface area contributed by atoms with Crippen molar-refractivity contribution in [3.63, 3.8) is 0 Å². The lowest BCUT2D eigenvalue weighted by Crippen LogP contribution is -2.29. The number of carbonyl (C=O) groups excluding carboxylic acids is 2. The predicted molar refractivity (Wildman–Crippen MR) is 105 cm³/mol. The molecule has 1 aromatic heterocycles. The number of hydrogen-bond donors (Lipinski definition) is 1. The maximum absolute atomic E-state index is 12.4. The number of hydrogen-bond acceptors (Lipinski definition) is 4.